The van der Waals surface area contributed by atoms with Gasteiger partial charge >= 0.3 is 0 Å². The smallest absolute Gasteiger partial charge is 0.0724 e. The number of hydrogen-bond acceptors (Lipinski definition) is 4. The van der Waals surface area contributed by atoms with Gasteiger partial charge in [-0.15, -0.1) is 0 Å². The zero-order chi connectivity index (χ0) is 11.4. The summed E-state index contributed by atoms with van der Waals surface area (Å²) >= 11 is 0. The minimum absolute atomic E-state index is 0.397. The Morgan fingerprint density at radius 3 is 2.81 bits per heavy atom. The van der Waals surface area contributed by atoms with Crippen molar-refractivity contribution in [3.63, 3.8) is 0 Å². The molecule has 94 valence electrons. The number of rotatable bonds is 5. The van der Waals surface area contributed by atoms with Gasteiger partial charge in [-0.3, -0.25) is 0 Å². The lowest BCUT2D eigenvalue weighted by Gasteiger charge is -2.21. The maximum atomic E-state index is 5.47. The fraction of sp³-hybridized carbons (Fsp3) is 1.00. The standard InChI is InChI=1S/C12H24N2O2/c1-15-10-6-9(13-8-10)7-14-11-4-3-5-12(11)16-2/h9-14H,3-8H2,1-2H3. The van der Waals surface area contributed by atoms with Gasteiger partial charge in [-0.1, -0.05) is 0 Å². The van der Waals surface area contributed by atoms with E-state index in [0.29, 0.717) is 24.3 Å². The Labute approximate surface area is 98.1 Å². The van der Waals surface area contributed by atoms with E-state index in [1.165, 1.54) is 19.3 Å². The van der Waals surface area contributed by atoms with Crippen LogP contribution in [-0.2, 0) is 9.47 Å². The second-order valence-electron chi connectivity index (χ2n) is 4.92. The van der Waals surface area contributed by atoms with Crippen molar-refractivity contribution in [1.29, 1.82) is 0 Å². The highest BCUT2D eigenvalue weighted by Crippen LogP contribution is 2.21. The first-order valence-corrected chi connectivity index (χ1v) is 6.36. The highest BCUT2D eigenvalue weighted by Gasteiger charge is 2.29. The predicted molar refractivity (Wildman–Crippen MR) is 63.6 cm³/mol. The first-order valence-electron chi connectivity index (χ1n) is 6.36. The number of nitrogens with one attached hydrogen (secondary N) is 2. The van der Waals surface area contributed by atoms with Crippen LogP contribution in [0.4, 0.5) is 0 Å². The van der Waals surface area contributed by atoms with Gasteiger partial charge in [0.2, 0.25) is 0 Å². The largest absolute Gasteiger partial charge is 0.380 e. The van der Waals surface area contributed by atoms with E-state index in [4.69, 9.17) is 9.47 Å². The lowest BCUT2D eigenvalue weighted by molar-refractivity contribution is 0.0841. The molecule has 0 radical (unpaired) electrons. The highest BCUT2D eigenvalue weighted by molar-refractivity contribution is 4.88. The number of methoxy groups -OCH3 is 2. The van der Waals surface area contributed by atoms with E-state index >= 15 is 0 Å². The molecule has 0 aromatic rings. The molecule has 2 aliphatic rings. The zero-order valence-electron chi connectivity index (χ0n) is 10.4. The van der Waals surface area contributed by atoms with Crippen LogP contribution < -0.4 is 10.6 Å². The van der Waals surface area contributed by atoms with Crippen LogP contribution in [-0.4, -0.2) is 51.6 Å². The lowest BCUT2D eigenvalue weighted by atomic mass is 10.1. The Morgan fingerprint density at radius 1 is 1.25 bits per heavy atom. The molecule has 1 heterocycles. The normalized spacial score (nSPS) is 39.4. The molecule has 4 atom stereocenters. The van der Waals surface area contributed by atoms with Crippen LogP contribution in [0.3, 0.4) is 0 Å². The molecule has 0 spiro atoms. The van der Waals surface area contributed by atoms with Gasteiger partial charge in [-0.05, 0) is 25.7 Å². The van der Waals surface area contributed by atoms with Gasteiger partial charge in [0.15, 0.2) is 0 Å². The minimum Gasteiger partial charge on any atom is -0.380 e. The first kappa shape index (κ1) is 12.3. The summed E-state index contributed by atoms with van der Waals surface area (Å²) in [6, 6.07) is 1.11. The summed E-state index contributed by atoms with van der Waals surface area (Å²) in [7, 11) is 3.61. The van der Waals surface area contributed by atoms with Crippen molar-refractivity contribution < 1.29 is 9.47 Å². The molecule has 1 saturated carbocycles. The Kier molecular flexibility index (Phi) is 4.58. The van der Waals surface area contributed by atoms with Gasteiger partial charge in [0.05, 0.1) is 12.2 Å². The quantitative estimate of drug-likeness (QED) is 0.720. The summed E-state index contributed by atoms with van der Waals surface area (Å²) in [6.45, 7) is 2.02. The van der Waals surface area contributed by atoms with E-state index in [0.717, 1.165) is 19.5 Å². The maximum absolute atomic E-state index is 5.47. The third-order valence-electron chi connectivity index (χ3n) is 3.90. The molecule has 0 aromatic carbocycles. The molecule has 4 heteroatoms. The zero-order valence-corrected chi connectivity index (χ0v) is 10.4. The van der Waals surface area contributed by atoms with Crippen molar-refractivity contribution in [1.82, 2.24) is 10.6 Å². The first-order chi connectivity index (χ1) is 7.83. The second kappa shape index (κ2) is 5.96. The van der Waals surface area contributed by atoms with Crippen molar-refractivity contribution >= 4 is 0 Å². The van der Waals surface area contributed by atoms with Crippen LogP contribution in [0.25, 0.3) is 0 Å². The van der Waals surface area contributed by atoms with E-state index in [1.54, 1.807) is 7.11 Å². The molecule has 1 aliphatic heterocycles. The molecule has 2 N–H and O–H groups in total. The van der Waals surface area contributed by atoms with Gasteiger partial charge < -0.3 is 20.1 Å². The fourth-order valence-electron chi connectivity index (χ4n) is 2.85. The average Bonchev–Trinajstić information content (AvgIpc) is 2.94. The molecule has 4 nitrogen and oxygen atoms in total. The van der Waals surface area contributed by atoms with Gasteiger partial charge in [-0.2, -0.15) is 0 Å². The molecule has 0 aromatic heterocycles. The van der Waals surface area contributed by atoms with Gasteiger partial charge in [0, 0.05) is 39.4 Å². The summed E-state index contributed by atoms with van der Waals surface area (Å²) in [4.78, 5) is 0. The van der Waals surface area contributed by atoms with Gasteiger partial charge in [0.25, 0.3) is 0 Å². The molecule has 16 heavy (non-hydrogen) atoms. The molecular formula is C12H24N2O2. The lowest BCUT2D eigenvalue weighted by Crippen LogP contribution is -2.43. The van der Waals surface area contributed by atoms with Crippen molar-refractivity contribution in [3.05, 3.63) is 0 Å². The number of hydrogen-bond donors (Lipinski definition) is 2. The second-order valence-corrected chi connectivity index (χ2v) is 4.92. The van der Waals surface area contributed by atoms with Crippen molar-refractivity contribution in [2.24, 2.45) is 0 Å². The van der Waals surface area contributed by atoms with E-state index in [1.807, 2.05) is 7.11 Å². The SMILES string of the molecule is COC1CNC(CNC2CCCC2OC)C1. The monoisotopic (exact) mass is 228 g/mol. The summed E-state index contributed by atoms with van der Waals surface area (Å²) < 4.78 is 10.8. The summed E-state index contributed by atoms with van der Waals surface area (Å²) in [5, 5.41) is 7.11. The molecule has 2 fully saturated rings. The Bertz CT molecular complexity index is 213. The van der Waals surface area contributed by atoms with Crippen molar-refractivity contribution in [2.75, 3.05) is 27.3 Å². The van der Waals surface area contributed by atoms with Crippen LogP contribution >= 0.6 is 0 Å². The highest BCUT2D eigenvalue weighted by atomic mass is 16.5. The Balaban J connectivity index is 1.67. The third kappa shape index (κ3) is 2.94. The summed E-state index contributed by atoms with van der Waals surface area (Å²) in [5.41, 5.74) is 0. The van der Waals surface area contributed by atoms with Crippen LogP contribution in [0.15, 0.2) is 0 Å². The Hall–Kier alpha value is -0.160. The Morgan fingerprint density at radius 2 is 2.12 bits per heavy atom. The molecule has 1 aliphatic carbocycles. The van der Waals surface area contributed by atoms with Gasteiger partial charge in [0.1, 0.15) is 0 Å². The van der Waals surface area contributed by atoms with Crippen LogP contribution in [0.5, 0.6) is 0 Å². The van der Waals surface area contributed by atoms with Crippen molar-refractivity contribution in [3.8, 4) is 0 Å². The van der Waals surface area contributed by atoms with E-state index in [-0.39, 0.29) is 0 Å². The van der Waals surface area contributed by atoms with Gasteiger partial charge in [-0.25, -0.2) is 0 Å². The third-order valence-corrected chi connectivity index (χ3v) is 3.90. The molecule has 2 rings (SSSR count). The minimum atomic E-state index is 0.397. The van der Waals surface area contributed by atoms with E-state index in [2.05, 4.69) is 10.6 Å². The average molecular weight is 228 g/mol. The molecule has 0 bridgehead atoms. The van der Waals surface area contributed by atoms with Crippen LogP contribution in [0.1, 0.15) is 25.7 Å². The van der Waals surface area contributed by atoms with Crippen LogP contribution in [0, 0.1) is 0 Å². The predicted octanol–water partition coefficient (Wildman–Crippen LogP) is 0.520. The molecule has 1 saturated heterocycles. The molecule has 4 unspecified atom stereocenters. The fourth-order valence-corrected chi connectivity index (χ4v) is 2.85. The molecular weight excluding hydrogens is 204 g/mol. The topological polar surface area (TPSA) is 42.5 Å². The number of ether oxygens (including phenoxy) is 2. The maximum Gasteiger partial charge on any atom is 0.0724 e. The van der Waals surface area contributed by atoms with Crippen LogP contribution in [0.2, 0.25) is 0 Å². The summed E-state index contributed by atoms with van der Waals surface area (Å²) in [5.74, 6) is 0. The summed E-state index contributed by atoms with van der Waals surface area (Å²) in [6.07, 6.45) is 5.67. The van der Waals surface area contributed by atoms with E-state index in [9.17, 15) is 0 Å². The van der Waals surface area contributed by atoms with E-state index < -0.39 is 0 Å². The molecule has 0 amide bonds. The van der Waals surface area contributed by atoms with Crippen molar-refractivity contribution in [2.45, 2.75) is 50.0 Å².